The van der Waals surface area contributed by atoms with Crippen molar-refractivity contribution < 1.29 is 23.5 Å². The Hall–Kier alpha value is -4.07. The summed E-state index contributed by atoms with van der Waals surface area (Å²) in [4.78, 5) is 36.5. The van der Waals surface area contributed by atoms with Crippen molar-refractivity contribution in [2.24, 2.45) is 0 Å². The fourth-order valence-electron chi connectivity index (χ4n) is 2.98. The van der Waals surface area contributed by atoms with Gasteiger partial charge in [0.05, 0.1) is 6.26 Å². The predicted octanol–water partition coefficient (Wildman–Crippen LogP) is 3.46. The van der Waals surface area contributed by atoms with Crippen LogP contribution in [0.15, 0.2) is 65.3 Å². The van der Waals surface area contributed by atoms with Crippen molar-refractivity contribution in [3.8, 4) is 5.75 Å². The van der Waals surface area contributed by atoms with E-state index >= 15 is 0 Å². The number of hydrogen-bond donors (Lipinski definition) is 3. The Bertz CT molecular complexity index is 1110. The maximum atomic E-state index is 12.5. The zero-order valence-electron chi connectivity index (χ0n) is 18.8. The van der Waals surface area contributed by atoms with Gasteiger partial charge in [0.25, 0.3) is 17.7 Å². The first kappa shape index (κ1) is 23.6. The number of furan rings is 1. The number of aryl methyl sites for hydroxylation is 2. The SMILES string of the molecule is Cc1ccc(C)c(OC(C)C(=O)Nc2ccc(C(=O)NCCNC(=O)c3ccco3)cc2)c1. The Morgan fingerprint density at radius 2 is 1.64 bits per heavy atom. The highest BCUT2D eigenvalue weighted by Gasteiger charge is 2.16. The molecular weight excluding hydrogens is 422 g/mol. The first-order valence-electron chi connectivity index (χ1n) is 10.6. The molecule has 1 unspecified atom stereocenters. The maximum Gasteiger partial charge on any atom is 0.287 e. The van der Waals surface area contributed by atoms with Crippen LogP contribution in [0, 0.1) is 13.8 Å². The van der Waals surface area contributed by atoms with E-state index in [0.29, 0.717) is 17.0 Å². The second kappa shape index (κ2) is 11.0. The largest absolute Gasteiger partial charge is 0.481 e. The molecule has 0 saturated carbocycles. The summed E-state index contributed by atoms with van der Waals surface area (Å²) in [6.07, 6.45) is 0.728. The molecule has 0 fully saturated rings. The minimum atomic E-state index is -0.690. The molecule has 33 heavy (non-hydrogen) atoms. The minimum Gasteiger partial charge on any atom is -0.481 e. The molecule has 1 atom stereocenters. The molecule has 0 saturated heterocycles. The average Bonchev–Trinajstić information content (AvgIpc) is 3.34. The number of hydrogen-bond acceptors (Lipinski definition) is 5. The van der Waals surface area contributed by atoms with Crippen LogP contribution in [-0.2, 0) is 4.79 Å². The molecule has 2 aromatic carbocycles. The van der Waals surface area contributed by atoms with E-state index in [-0.39, 0.29) is 36.6 Å². The van der Waals surface area contributed by atoms with Crippen LogP contribution < -0.4 is 20.7 Å². The van der Waals surface area contributed by atoms with Crippen molar-refractivity contribution in [1.29, 1.82) is 0 Å². The van der Waals surface area contributed by atoms with Crippen LogP contribution in [0.4, 0.5) is 5.69 Å². The molecule has 3 rings (SSSR count). The third kappa shape index (κ3) is 6.70. The van der Waals surface area contributed by atoms with Crippen molar-refractivity contribution in [2.75, 3.05) is 18.4 Å². The molecule has 0 aliphatic heterocycles. The quantitative estimate of drug-likeness (QED) is 0.434. The highest BCUT2D eigenvalue weighted by Crippen LogP contribution is 2.21. The van der Waals surface area contributed by atoms with Crippen LogP contribution in [0.1, 0.15) is 39.0 Å². The van der Waals surface area contributed by atoms with Crippen LogP contribution in [0.2, 0.25) is 0 Å². The maximum absolute atomic E-state index is 12.5. The van der Waals surface area contributed by atoms with Gasteiger partial charge in [-0.2, -0.15) is 0 Å². The number of benzene rings is 2. The highest BCUT2D eigenvalue weighted by atomic mass is 16.5. The third-order valence-corrected chi connectivity index (χ3v) is 4.87. The Morgan fingerprint density at radius 1 is 0.939 bits per heavy atom. The van der Waals surface area contributed by atoms with E-state index in [1.807, 2.05) is 32.0 Å². The zero-order valence-corrected chi connectivity index (χ0v) is 18.8. The lowest BCUT2D eigenvalue weighted by Crippen LogP contribution is -2.34. The summed E-state index contributed by atoms with van der Waals surface area (Å²) in [5, 5.41) is 8.16. The number of anilines is 1. The van der Waals surface area contributed by atoms with E-state index < -0.39 is 6.10 Å². The van der Waals surface area contributed by atoms with Gasteiger partial charge < -0.3 is 25.1 Å². The lowest BCUT2D eigenvalue weighted by Gasteiger charge is -2.17. The van der Waals surface area contributed by atoms with Crippen molar-refractivity contribution in [1.82, 2.24) is 10.6 Å². The number of carbonyl (C=O) groups is 3. The van der Waals surface area contributed by atoms with Crippen LogP contribution in [-0.4, -0.2) is 36.9 Å². The monoisotopic (exact) mass is 449 g/mol. The van der Waals surface area contributed by atoms with Crippen molar-refractivity contribution in [3.63, 3.8) is 0 Å². The molecule has 0 aliphatic carbocycles. The summed E-state index contributed by atoms with van der Waals surface area (Å²) in [7, 11) is 0. The molecule has 8 heteroatoms. The standard InChI is InChI=1S/C25H27N3O5/c1-16-6-7-17(2)22(15-16)33-18(3)23(29)28-20-10-8-19(9-11-20)24(30)26-12-13-27-25(31)21-5-4-14-32-21/h4-11,14-15,18H,12-13H2,1-3H3,(H,26,30)(H,27,31)(H,28,29). The zero-order chi connectivity index (χ0) is 23.8. The average molecular weight is 450 g/mol. The van der Waals surface area contributed by atoms with Gasteiger partial charge in [0.2, 0.25) is 0 Å². The third-order valence-electron chi connectivity index (χ3n) is 4.87. The van der Waals surface area contributed by atoms with Crippen molar-refractivity contribution in [2.45, 2.75) is 26.9 Å². The number of ether oxygens (including phenoxy) is 1. The van der Waals surface area contributed by atoms with Gasteiger partial charge in [0, 0.05) is 24.3 Å². The van der Waals surface area contributed by atoms with Crippen LogP contribution >= 0.6 is 0 Å². The molecule has 8 nitrogen and oxygen atoms in total. The smallest absolute Gasteiger partial charge is 0.287 e. The van der Waals surface area contributed by atoms with Gasteiger partial charge in [-0.05, 0) is 74.4 Å². The normalized spacial score (nSPS) is 11.4. The summed E-state index contributed by atoms with van der Waals surface area (Å²) in [6, 6.07) is 15.5. The van der Waals surface area contributed by atoms with Gasteiger partial charge in [-0.15, -0.1) is 0 Å². The Morgan fingerprint density at radius 3 is 2.30 bits per heavy atom. The van der Waals surface area contributed by atoms with Crippen LogP contribution in [0.5, 0.6) is 5.75 Å². The highest BCUT2D eigenvalue weighted by molar-refractivity contribution is 5.97. The van der Waals surface area contributed by atoms with E-state index in [0.717, 1.165) is 11.1 Å². The van der Waals surface area contributed by atoms with E-state index in [2.05, 4.69) is 16.0 Å². The fraction of sp³-hybridized carbons (Fsp3) is 0.240. The predicted molar refractivity (Wildman–Crippen MR) is 124 cm³/mol. The fourth-order valence-corrected chi connectivity index (χ4v) is 2.98. The molecule has 3 N–H and O–H groups in total. The van der Waals surface area contributed by atoms with Gasteiger partial charge in [-0.3, -0.25) is 14.4 Å². The topological polar surface area (TPSA) is 110 Å². The van der Waals surface area contributed by atoms with Gasteiger partial charge >= 0.3 is 0 Å². The van der Waals surface area contributed by atoms with Gasteiger partial charge in [0.15, 0.2) is 11.9 Å². The first-order chi connectivity index (χ1) is 15.8. The van der Waals surface area contributed by atoms with Gasteiger partial charge in [-0.25, -0.2) is 0 Å². The number of nitrogens with one attached hydrogen (secondary N) is 3. The van der Waals surface area contributed by atoms with Crippen molar-refractivity contribution in [3.05, 3.63) is 83.3 Å². The molecule has 172 valence electrons. The van der Waals surface area contributed by atoms with E-state index in [9.17, 15) is 14.4 Å². The van der Waals surface area contributed by atoms with Gasteiger partial charge in [-0.1, -0.05) is 12.1 Å². The molecule has 0 spiro atoms. The number of rotatable bonds is 9. The molecule has 1 aromatic heterocycles. The molecule has 3 aromatic rings. The second-order valence-electron chi connectivity index (χ2n) is 7.58. The molecule has 0 radical (unpaired) electrons. The summed E-state index contributed by atoms with van der Waals surface area (Å²) < 4.78 is 10.8. The molecular formula is C25H27N3O5. The number of amides is 3. The van der Waals surface area contributed by atoms with Gasteiger partial charge in [0.1, 0.15) is 5.75 Å². The summed E-state index contributed by atoms with van der Waals surface area (Å²) in [5.41, 5.74) is 3.00. The van der Waals surface area contributed by atoms with E-state index in [1.54, 1.807) is 43.3 Å². The Kier molecular flexibility index (Phi) is 7.86. The molecule has 1 heterocycles. The Balaban J connectivity index is 1.44. The Labute approximate surface area is 192 Å². The summed E-state index contributed by atoms with van der Waals surface area (Å²) in [5.74, 6) is -0.0324. The van der Waals surface area contributed by atoms with E-state index in [4.69, 9.17) is 9.15 Å². The molecule has 3 amide bonds. The molecule has 0 aliphatic rings. The summed E-state index contributed by atoms with van der Waals surface area (Å²) >= 11 is 0. The van der Waals surface area contributed by atoms with Crippen LogP contribution in [0.3, 0.4) is 0 Å². The van der Waals surface area contributed by atoms with Crippen LogP contribution in [0.25, 0.3) is 0 Å². The second-order valence-corrected chi connectivity index (χ2v) is 7.58. The lowest BCUT2D eigenvalue weighted by molar-refractivity contribution is -0.122. The lowest BCUT2D eigenvalue weighted by atomic mass is 10.1. The minimum absolute atomic E-state index is 0.215. The van der Waals surface area contributed by atoms with Crippen molar-refractivity contribution >= 4 is 23.4 Å². The first-order valence-corrected chi connectivity index (χ1v) is 10.6. The summed E-state index contributed by atoms with van der Waals surface area (Å²) in [6.45, 7) is 6.10. The number of carbonyl (C=O) groups excluding carboxylic acids is 3. The van der Waals surface area contributed by atoms with E-state index in [1.165, 1.54) is 6.26 Å². The molecule has 0 bridgehead atoms.